The molecule has 0 spiro atoms. The molecule has 0 saturated carbocycles. The van der Waals surface area contributed by atoms with Crippen molar-refractivity contribution in [3.8, 4) is 0 Å². The monoisotopic (exact) mass is 286 g/mol. The maximum atomic E-state index is 11.9. The lowest BCUT2D eigenvalue weighted by atomic mass is 9.75. The first-order valence-corrected chi connectivity index (χ1v) is 7.39. The first kappa shape index (κ1) is 16.8. The van der Waals surface area contributed by atoms with Crippen molar-refractivity contribution < 1.29 is 19.4 Å². The minimum atomic E-state index is -0.726. The largest absolute Gasteiger partial charge is 0.481 e. The van der Waals surface area contributed by atoms with Crippen LogP contribution in [0, 0.1) is 5.41 Å². The third-order valence-electron chi connectivity index (χ3n) is 3.92. The van der Waals surface area contributed by atoms with Gasteiger partial charge in [0.15, 0.2) is 0 Å². The van der Waals surface area contributed by atoms with Gasteiger partial charge in [-0.15, -0.1) is 0 Å². The summed E-state index contributed by atoms with van der Waals surface area (Å²) in [6.07, 6.45) is 2.61. The highest BCUT2D eigenvalue weighted by molar-refractivity contribution is 5.77. The van der Waals surface area contributed by atoms with Gasteiger partial charge in [-0.25, -0.2) is 4.79 Å². The van der Waals surface area contributed by atoms with Gasteiger partial charge in [-0.3, -0.25) is 4.79 Å². The van der Waals surface area contributed by atoms with Gasteiger partial charge in [0.05, 0.1) is 12.0 Å². The van der Waals surface area contributed by atoms with Gasteiger partial charge in [0.25, 0.3) is 0 Å². The molecule has 1 aliphatic heterocycles. The third-order valence-corrected chi connectivity index (χ3v) is 3.92. The molecule has 0 atom stereocenters. The van der Waals surface area contributed by atoms with Crippen LogP contribution < -0.4 is 5.32 Å². The zero-order chi connectivity index (χ0) is 15.0. The smallest absolute Gasteiger partial charge is 0.317 e. The minimum absolute atomic E-state index is 0.125. The predicted octanol–water partition coefficient (Wildman–Crippen LogP) is 1.70. The van der Waals surface area contributed by atoms with Crippen molar-refractivity contribution in [3.05, 3.63) is 0 Å². The summed E-state index contributed by atoms with van der Waals surface area (Å²) >= 11 is 0. The van der Waals surface area contributed by atoms with Crippen LogP contribution in [-0.2, 0) is 9.53 Å². The fraction of sp³-hybridized carbons (Fsp3) is 0.857. The number of piperidine rings is 1. The summed E-state index contributed by atoms with van der Waals surface area (Å²) in [4.78, 5) is 25.1. The van der Waals surface area contributed by atoms with Gasteiger partial charge in [0, 0.05) is 26.2 Å². The van der Waals surface area contributed by atoms with Crippen molar-refractivity contribution in [2.75, 3.05) is 32.8 Å². The molecule has 6 nitrogen and oxygen atoms in total. The lowest BCUT2D eigenvalue weighted by molar-refractivity contribution is -0.152. The minimum Gasteiger partial charge on any atom is -0.481 e. The zero-order valence-electron chi connectivity index (χ0n) is 12.5. The Labute approximate surface area is 120 Å². The molecule has 1 aliphatic rings. The number of rotatable bonds is 7. The fourth-order valence-corrected chi connectivity index (χ4v) is 2.67. The molecule has 0 aliphatic carbocycles. The van der Waals surface area contributed by atoms with Crippen LogP contribution in [0.4, 0.5) is 4.79 Å². The van der Waals surface area contributed by atoms with Crippen LogP contribution in [-0.4, -0.2) is 54.9 Å². The van der Waals surface area contributed by atoms with Gasteiger partial charge in [-0.2, -0.15) is 0 Å². The Morgan fingerprint density at radius 2 is 1.95 bits per heavy atom. The van der Waals surface area contributed by atoms with Gasteiger partial charge < -0.3 is 20.1 Å². The highest BCUT2D eigenvalue weighted by Crippen LogP contribution is 2.36. The number of ether oxygens (including phenoxy) is 1. The second-order valence-electron chi connectivity index (χ2n) is 5.25. The van der Waals surface area contributed by atoms with Gasteiger partial charge in [0.2, 0.25) is 0 Å². The number of amides is 2. The first-order chi connectivity index (χ1) is 9.55. The Morgan fingerprint density at radius 1 is 1.30 bits per heavy atom. The second-order valence-corrected chi connectivity index (χ2v) is 5.25. The highest BCUT2D eigenvalue weighted by Gasteiger charge is 2.41. The summed E-state index contributed by atoms with van der Waals surface area (Å²) in [7, 11) is 0. The number of aliphatic carboxylic acids is 1. The molecule has 0 aromatic heterocycles. The standard InChI is InChI=1S/C14H26N2O4/c1-3-5-14(12(17)18)6-9-16(10-7-14)13(19)15-8-11-20-4-2/h3-11H2,1-2H3,(H,15,19)(H,17,18). The summed E-state index contributed by atoms with van der Waals surface area (Å²) < 4.78 is 5.16. The van der Waals surface area contributed by atoms with E-state index in [0.29, 0.717) is 52.1 Å². The predicted molar refractivity (Wildman–Crippen MR) is 75.7 cm³/mol. The fourth-order valence-electron chi connectivity index (χ4n) is 2.67. The Balaban J connectivity index is 2.40. The van der Waals surface area contributed by atoms with E-state index in [4.69, 9.17) is 4.74 Å². The van der Waals surface area contributed by atoms with Crippen molar-refractivity contribution in [2.45, 2.75) is 39.5 Å². The first-order valence-electron chi connectivity index (χ1n) is 7.39. The molecule has 1 rings (SSSR count). The molecule has 1 fully saturated rings. The highest BCUT2D eigenvalue weighted by atomic mass is 16.5. The maximum absolute atomic E-state index is 11.9. The average Bonchev–Trinajstić information content (AvgIpc) is 2.44. The van der Waals surface area contributed by atoms with Crippen LogP contribution in [0.25, 0.3) is 0 Å². The van der Waals surface area contributed by atoms with Crippen LogP contribution in [0.2, 0.25) is 0 Å². The number of carbonyl (C=O) groups is 2. The molecule has 0 bridgehead atoms. The van der Waals surface area contributed by atoms with Crippen molar-refractivity contribution in [2.24, 2.45) is 5.41 Å². The van der Waals surface area contributed by atoms with E-state index in [1.165, 1.54) is 0 Å². The number of carboxylic acids is 1. The number of likely N-dealkylation sites (tertiary alicyclic amines) is 1. The Kier molecular flexibility index (Phi) is 6.78. The van der Waals surface area contributed by atoms with E-state index in [0.717, 1.165) is 6.42 Å². The van der Waals surface area contributed by atoms with Crippen molar-refractivity contribution >= 4 is 12.0 Å². The van der Waals surface area contributed by atoms with E-state index in [2.05, 4.69) is 5.32 Å². The normalized spacial score (nSPS) is 17.8. The van der Waals surface area contributed by atoms with Crippen molar-refractivity contribution in [3.63, 3.8) is 0 Å². The number of carbonyl (C=O) groups excluding carboxylic acids is 1. The molecule has 1 heterocycles. The number of nitrogens with zero attached hydrogens (tertiary/aromatic N) is 1. The molecule has 0 radical (unpaired) electrons. The van der Waals surface area contributed by atoms with E-state index in [-0.39, 0.29) is 6.03 Å². The molecule has 6 heteroatoms. The second kappa shape index (κ2) is 8.09. The third kappa shape index (κ3) is 4.37. The molecule has 0 aromatic carbocycles. The Morgan fingerprint density at radius 3 is 2.45 bits per heavy atom. The molecule has 116 valence electrons. The van der Waals surface area contributed by atoms with E-state index in [1.54, 1.807) is 4.90 Å². The molecule has 20 heavy (non-hydrogen) atoms. The molecule has 2 N–H and O–H groups in total. The van der Waals surface area contributed by atoms with E-state index < -0.39 is 11.4 Å². The van der Waals surface area contributed by atoms with Gasteiger partial charge in [0.1, 0.15) is 0 Å². The van der Waals surface area contributed by atoms with Crippen LogP contribution in [0.15, 0.2) is 0 Å². The molecule has 2 amide bonds. The molecule has 1 saturated heterocycles. The van der Waals surface area contributed by atoms with E-state index >= 15 is 0 Å². The zero-order valence-corrected chi connectivity index (χ0v) is 12.5. The quantitative estimate of drug-likeness (QED) is 0.698. The number of hydrogen-bond acceptors (Lipinski definition) is 3. The maximum Gasteiger partial charge on any atom is 0.317 e. The van der Waals surface area contributed by atoms with Crippen molar-refractivity contribution in [1.29, 1.82) is 0 Å². The number of carboxylic acid groups (broad SMARTS) is 1. The summed E-state index contributed by atoms with van der Waals surface area (Å²) in [6, 6.07) is -0.125. The summed E-state index contributed by atoms with van der Waals surface area (Å²) in [5, 5.41) is 12.2. The van der Waals surface area contributed by atoms with Crippen LogP contribution in [0.5, 0.6) is 0 Å². The van der Waals surface area contributed by atoms with E-state index in [1.807, 2.05) is 13.8 Å². The lowest BCUT2D eigenvalue weighted by Gasteiger charge is -2.38. The molecule has 0 aromatic rings. The van der Waals surface area contributed by atoms with Gasteiger partial charge in [-0.05, 0) is 26.2 Å². The van der Waals surface area contributed by atoms with Crippen LogP contribution >= 0.6 is 0 Å². The SMILES string of the molecule is CCCC1(C(=O)O)CCN(C(=O)NCCOCC)CC1. The van der Waals surface area contributed by atoms with Crippen LogP contribution in [0.3, 0.4) is 0 Å². The van der Waals surface area contributed by atoms with Crippen molar-refractivity contribution in [1.82, 2.24) is 10.2 Å². The molecular weight excluding hydrogens is 260 g/mol. The van der Waals surface area contributed by atoms with Gasteiger partial charge >= 0.3 is 12.0 Å². The lowest BCUT2D eigenvalue weighted by Crippen LogP contribution is -2.50. The summed E-state index contributed by atoms with van der Waals surface area (Å²) in [5.41, 5.74) is -0.642. The number of hydrogen-bond donors (Lipinski definition) is 2. The number of urea groups is 1. The Hall–Kier alpha value is -1.30. The topological polar surface area (TPSA) is 78.9 Å². The Bertz CT molecular complexity index is 325. The number of nitrogens with one attached hydrogen (secondary N) is 1. The summed E-state index contributed by atoms with van der Waals surface area (Å²) in [5.74, 6) is -0.726. The molecular formula is C14H26N2O4. The average molecular weight is 286 g/mol. The van der Waals surface area contributed by atoms with Gasteiger partial charge in [-0.1, -0.05) is 13.3 Å². The van der Waals surface area contributed by atoms with E-state index in [9.17, 15) is 14.7 Å². The summed E-state index contributed by atoms with van der Waals surface area (Å²) in [6.45, 7) is 6.55. The van der Waals surface area contributed by atoms with Crippen LogP contribution in [0.1, 0.15) is 39.5 Å². The molecule has 0 unspecified atom stereocenters.